The van der Waals surface area contributed by atoms with Gasteiger partial charge in [0.1, 0.15) is 0 Å². The van der Waals surface area contributed by atoms with Crippen LogP contribution in [0.5, 0.6) is 0 Å². The number of alkyl halides is 3. The quantitative estimate of drug-likeness (QED) is 0.278. The average Bonchev–Trinajstić information content (AvgIpc) is 2.39. The summed E-state index contributed by atoms with van der Waals surface area (Å²) >= 11 is 0. The first-order chi connectivity index (χ1) is 10.1. The summed E-state index contributed by atoms with van der Waals surface area (Å²) in [4.78, 5) is 0. The van der Waals surface area contributed by atoms with Crippen LogP contribution in [0.4, 0.5) is 13.2 Å². The molecular formula is C13H26F3KO4S2. The molecule has 0 unspecified atom stereocenters. The van der Waals surface area contributed by atoms with E-state index in [4.69, 9.17) is 0 Å². The van der Waals surface area contributed by atoms with Crippen LogP contribution < -0.4 is 51.4 Å². The Morgan fingerprint density at radius 1 is 0.739 bits per heavy atom. The molecule has 0 atom stereocenters. The minimum atomic E-state index is -6.11. The zero-order valence-electron chi connectivity index (χ0n) is 14.9. The molecule has 4 nitrogen and oxygen atoms in total. The van der Waals surface area contributed by atoms with E-state index < -0.39 is 29.0 Å². The van der Waals surface area contributed by atoms with E-state index in [1.54, 1.807) is 0 Å². The number of hydrogen-bond donors (Lipinski definition) is 0. The third-order valence-corrected chi connectivity index (χ3v) is 8.46. The maximum absolute atomic E-state index is 12.2. The van der Waals surface area contributed by atoms with Gasteiger partial charge in [0, 0.05) is 0 Å². The van der Waals surface area contributed by atoms with E-state index in [0.29, 0.717) is 12.8 Å². The molecular weight excluding hydrogens is 380 g/mol. The molecule has 0 heterocycles. The maximum Gasteiger partial charge on any atom is 1.00 e. The minimum absolute atomic E-state index is 0. The Kier molecular flexibility index (Phi) is 14.6. The largest absolute Gasteiger partial charge is 1.00 e. The molecule has 0 saturated heterocycles. The predicted octanol–water partition coefficient (Wildman–Crippen LogP) is 1.29. The second-order valence-corrected chi connectivity index (χ2v) is 11.1. The molecule has 0 bridgehead atoms. The summed E-state index contributed by atoms with van der Waals surface area (Å²) in [6, 6.07) is 0. The van der Waals surface area contributed by atoms with E-state index in [0.717, 1.165) is 25.7 Å². The topological polar surface area (TPSA) is 68.3 Å². The van der Waals surface area contributed by atoms with Crippen LogP contribution in [0.25, 0.3) is 0 Å². The summed E-state index contributed by atoms with van der Waals surface area (Å²) in [5.74, 6) is -0.967. The molecule has 0 aromatic carbocycles. The molecule has 23 heavy (non-hydrogen) atoms. The van der Waals surface area contributed by atoms with Crippen LogP contribution in [0.2, 0.25) is 0 Å². The SMILES string of the molecule is CCCCCCCCCCCCS(=O)(=O)S(=O)(=O)C(F)(F)F.[H-].[K+]. The number of rotatable bonds is 12. The maximum atomic E-state index is 12.2. The van der Waals surface area contributed by atoms with E-state index in [1.165, 1.54) is 19.3 Å². The van der Waals surface area contributed by atoms with Gasteiger partial charge >= 0.3 is 65.8 Å². The van der Waals surface area contributed by atoms with Crippen molar-refractivity contribution in [1.82, 2.24) is 0 Å². The standard InChI is InChI=1S/C13H25F3O4S2.K.H/c1-2-3-4-5-6-7-8-9-10-11-12-21(17,18)22(19,20)13(14,15)16;;/h2-12H2,1H3;;/q;+1;-1. The van der Waals surface area contributed by atoms with Crippen LogP contribution in [-0.4, -0.2) is 28.1 Å². The molecule has 0 rings (SSSR count). The molecule has 136 valence electrons. The molecule has 0 aliphatic carbocycles. The van der Waals surface area contributed by atoms with E-state index >= 15 is 0 Å². The second kappa shape index (κ2) is 12.6. The Labute approximate surface area is 181 Å². The number of unbranched alkanes of at least 4 members (excludes halogenated alkanes) is 9. The van der Waals surface area contributed by atoms with Crippen molar-refractivity contribution in [1.29, 1.82) is 0 Å². The fraction of sp³-hybridized carbons (Fsp3) is 1.00. The summed E-state index contributed by atoms with van der Waals surface area (Å²) in [5.41, 5.74) is -5.75. The monoisotopic (exact) mass is 406 g/mol. The van der Waals surface area contributed by atoms with Crippen LogP contribution in [-0.2, 0) is 17.7 Å². The van der Waals surface area contributed by atoms with Crippen molar-refractivity contribution < 1.29 is 82.8 Å². The predicted molar refractivity (Wildman–Crippen MR) is 81.7 cm³/mol. The van der Waals surface area contributed by atoms with Gasteiger partial charge in [0.2, 0.25) is 0 Å². The Morgan fingerprint density at radius 3 is 1.43 bits per heavy atom. The number of halogens is 3. The van der Waals surface area contributed by atoms with Crippen LogP contribution in [0.3, 0.4) is 0 Å². The van der Waals surface area contributed by atoms with Gasteiger partial charge in [0.05, 0.1) is 5.75 Å². The summed E-state index contributed by atoms with van der Waals surface area (Å²) in [5, 5.41) is 0. The Bertz CT molecular complexity index is 508. The summed E-state index contributed by atoms with van der Waals surface area (Å²) in [7, 11) is -11.3. The molecule has 0 aliphatic rings. The summed E-state index contributed by atoms with van der Waals surface area (Å²) < 4.78 is 80.7. The second-order valence-electron chi connectivity index (χ2n) is 5.34. The van der Waals surface area contributed by atoms with Gasteiger partial charge in [-0.1, -0.05) is 64.7 Å². The van der Waals surface area contributed by atoms with Crippen molar-refractivity contribution in [2.45, 2.75) is 76.6 Å². The molecule has 0 amide bonds. The van der Waals surface area contributed by atoms with Gasteiger partial charge < -0.3 is 1.43 Å². The van der Waals surface area contributed by atoms with Crippen molar-refractivity contribution in [3.63, 3.8) is 0 Å². The van der Waals surface area contributed by atoms with Gasteiger partial charge in [-0.25, -0.2) is 16.8 Å². The normalized spacial score (nSPS) is 12.9. The van der Waals surface area contributed by atoms with Crippen molar-refractivity contribution in [3.05, 3.63) is 0 Å². The molecule has 0 radical (unpaired) electrons. The van der Waals surface area contributed by atoms with Crippen molar-refractivity contribution in [2.75, 3.05) is 5.75 Å². The fourth-order valence-corrected chi connectivity index (χ4v) is 4.96. The third kappa shape index (κ3) is 10.2. The molecule has 0 saturated carbocycles. The van der Waals surface area contributed by atoms with Crippen LogP contribution in [0, 0.1) is 0 Å². The van der Waals surface area contributed by atoms with E-state index in [-0.39, 0.29) is 59.2 Å². The molecule has 0 aromatic heterocycles. The van der Waals surface area contributed by atoms with Crippen LogP contribution in [0.15, 0.2) is 0 Å². The fourth-order valence-electron chi connectivity index (χ4n) is 2.02. The van der Waals surface area contributed by atoms with Crippen LogP contribution >= 0.6 is 0 Å². The smallest absolute Gasteiger partial charge is 1.00 e. The Morgan fingerprint density at radius 2 is 1.09 bits per heavy atom. The first-order valence-electron chi connectivity index (χ1n) is 7.60. The van der Waals surface area contributed by atoms with E-state index in [2.05, 4.69) is 6.92 Å². The molecule has 0 spiro atoms. The molecule has 0 aliphatic heterocycles. The first kappa shape index (κ1) is 26.6. The Balaban J connectivity index is -0.00000220. The van der Waals surface area contributed by atoms with Crippen molar-refractivity contribution in [2.24, 2.45) is 0 Å². The Hall–Kier alpha value is 1.33. The zero-order valence-corrected chi connectivity index (χ0v) is 18.6. The average molecular weight is 407 g/mol. The van der Waals surface area contributed by atoms with Crippen molar-refractivity contribution in [3.8, 4) is 0 Å². The van der Waals surface area contributed by atoms with Gasteiger partial charge in [-0.15, -0.1) is 0 Å². The van der Waals surface area contributed by atoms with Gasteiger partial charge in [-0.05, 0) is 6.42 Å². The van der Waals surface area contributed by atoms with Gasteiger partial charge in [0.25, 0.3) is 8.87 Å². The zero-order chi connectivity index (χ0) is 17.3. The summed E-state index contributed by atoms with van der Waals surface area (Å²) in [6.07, 6.45) is 8.80. The van der Waals surface area contributed by atoms with E-state index in [9.17, 15) is 30.0 Å². The van der Waals surface area contributed by atoms with Crippen LogP contribution in [0.1, 0.15) is 72.6 Å². The van der Waals surface area contributed by atoms with Gasteiger partial charge in [-0.2, -0.15) is 13.2 Å². The number of hydrogen-bond acceptors (Lipinski definition) is 4. The van der Waals surface area contributed by atoms with Crippen molar-refractivity contribution >= 4 is 17.7 Å². The first-order valence-corrected chi connectivity index (χ1v) is 11.3. The molecule has 0 fully saturated rings. The van der Waals surface area contributed by atoms with E-state index in [1.807, 2.05) is 0 Å². The van der Waals surface area contributed by atoms with Gasteiger partial charge in [0.15, 0.2) is 0 Å². The molecule has 0 aromatic rings. The van der Waals surface area contributed by atoms with Gasteiger partial charge in [-0.3, -0.25) is 0 Å². The molecule has 10 heteroatoms. The minimum Gasteiger partial charge on any atom is -1.00 e. The summed E-state index contributed by atoms with van der Waals surface area (Å²) in [6.45, 7) is 2.13. The third-order valence-electron chi connectivity index (χ3n) is 3.37. The molecule has 0 N–H and O–H groups in total.